The zero-order chi connectivity index (χ0) is 23.9. The van der Waals surface area contributed by atoms with E-state index in [-0.39, 0.29) is 33.0 Å². The average molecular weight is 572 g/mol. The Labute approximate surface area is 202 Å². The highest BCUT2D eigenvalue weighted by Gasteiger charge is 2.28. The number of hydrogen-bond donors (Lipinski definition) is 2. The molecule has 9 heteroatoms. The first-order valence-electron chi connectivity index (χ1n) is 9.36. The molecule has 0 heterocycles. The van der Waals surface area contributed by atoms with Crippen LogP contribution in [-0.4, -0.2) is 34.1 Å². The van der Waals surface area contributed by atoms with E-state index in [9.17, 15) is 29.4 Å². The van der Waals surface area contributed by atoms with E-state index in [1.165, 1.54) is 24.3 Å². The fourth-order valence-corrected chi connectivity index (χ4v) is 4.77. The van der Waals surface area contributed by atoms with E-state index >= 15 is 0 Å². The number of hydrogen-bond acceptors (Lipinski definition) is 5. The smallest absolute Gasteiger partial charge is 0.347 e. The van der Waals surface area contributed by atoms with Crippen LogP contribution in [0, 0.1) is 0 Å². The first kappa shape index (κ1) is 22.6. The van der Waals surface area contributed by atoms with E-state index in [1.807, 2.05) is 0 Å². The molecule has 0 unspecified atom stereocenters. The van der Waals surface area contributed by atoms with Crippen LogP contribution in [-0.2, 0) is 4.74 Å². The molecule has 4 aromatic carbocycles. The van der Waals surface area contributed by atoms with Gasteiger partial charge in [0, 0.05) is 8.95 Å². The van der Waals surface area contributed by atoms with Crippen LogP contribution in [0.3, 0.4) is 0 Å². The second-order valence-corrected chi connectivity index (χ2v) is 8.65. The summed E-state index contributed by atoms with van der Waals surface area (Å²) >= 11 is 6.59. The molecular weight excluding hydrogens is 560 g/mol. The molecule has 0 spiro atoms. The van der Waals surface area contributed by atoms with Gasteiger partial charge in [-0.15, -0.1) is 0 Å². The highest BCUT2D eigenvalue weighted by Crippen LogP contribution is 2.33. The van der Waals surface area contributed by atoms with Crippen LogP contribution in [0.2, 0.25) is 0 Å². The van der Waals surface area contributed by atoms with Crippen LogP contribution in [0.25, 0.3) is 21.5 Å². The van der Waals surface area contributed by atoms with Crippen LogP contribution in [0.5, 0.6) is 0 Å². The van der Waals surface area contributed by atoms with Gasteiger partial charge in [-0.3, -0.25) is 0 Å². The Morgan fingerprint density at radius 2 is 0.939 bits per heavy atom. The van der Waals surface area contributed by atoms with Gasteiger partial charge < -0.3 is 14.9 Å². The number of carboxylic acids is 2. The molecule has 0 fully saturated rings. The van der Waals surface area contributed by atoms with Crippen LogP contribution >= 0.6 is 31.9 Å². The number of fused-ring (bicyclic) bond motifs is 2. The van der Waals surface area contributed by atoms with E-state index in [0.717, 1.165) is 0 Å². The molecule has 4 rings (SSSR count). The molecule has 33 heavy (non-hydrogen) atoms. The Hall–Kier alpha value is -3.56. The second kappa shape index (κ2) is 8.76. The minimum atomic E-state index is -1.39. The summed E-state index contributed by atoms with van der Waals surface area (Å²) < 4.78 is 5.96. The molecule has 0 aliphatic rings. The molecule has 0 bridgehead atoms. The molecule has 0 saturated carbocycles. The first-order chi connectivity index (χ1) is 15.7. The van der Waals surface area contributed by atoms with Crippen LogP contribution in [0.4, 0.5) is 0 Å². The summed E-state index contributed by atoms with van der Waals surface area (Å²) in [6.45, 7) is 0. The van der Waals surface area contributed by atoms with E-state index < -0.39 is 23.9 Å². The summed E-state index contributed by atoms with van der Waals surface area (Å²) in [7, 11) is 0. The van der Waals surface area contributed by atoms with Gasteiger partial charge in [0.25, 0.3) is 0 Å². The van der Waals surface area contributed by atoms with Gasteiger partial charge >= 0.3 is 23.9 Å². The molecule has 0 atom stereocenters. The Morgan fingerprint density at radius 1 is 0.606 bits per heavy atom. The van der Waals surface area contributed by atoms with Gasteiger partial charge in [-0.05, 0) is 33.7 Å². The van der Waals surface area contributed by atoms with Crippen molar-refractivity contribution in [1.29, 1.82) is 0 Å². The predicted octanol–water partition coefficient (Wildman–Crippen LogP) is 5.91. The van der Waals surface area contributed by atoms with Gasteiger partial charge in [-0.25, -0.2) is 19.2 Å². The molecule has 0 aromatic heterocycles. The molecule has 164 valence electrons. The van der Waals surface area contributed by atoms with Crippen molar-refractivity contribution >= 4 is 77.3 Å². The third-order valence-corrected chi connectivity index (χ3v) is 6.35. The molecule has 4 aromatic rings. The molecule has 0 radical (unpaired) electrons. The molecule has 0 saturated heterocycles. The quantitative estimate of drug-likeness (QED) is 0.231. The van der Waals surface area contributed by atoms with Crippen molar-refractivity contribution in [2.75, 3.05) is 0 Å². The van der Waals surface area contributed by atoms with E-state index in [4.69, 9.17) is 4.74 Å². The van der Waals surface area contributed by atoms with Crippen LogP contribution in [0.15, 0.2) is 69.6 Å². The van der Waals surface area contributed by atoms with Crippen molar-refractivity contribution in [3.05, 3.63) is 91.9 Å². The van der Waals surface area contributed by atoms with Gasteiger partial charge in [0.1, 0.15) is 0 Å². The van der Waals surface area contributed by atoms with Crippen molar-refractivity contribution in [2.45, 2.75) is 0 Å². The van der Waals surface area contributed by atoms with Gasteiger partial charge in [0.15, 0.2) is 0 Å². The molecule has 7 nitrogen and oxygen atoms in total. The molecule has 0 aliphatic carbocycles. The maximum Gasteiger partial charge on any atom is 0.347 e. The molecule has 2 N–H and O–H groups in total. The van der Waals surface area contributed by atoms with E-state index in [2.05, 4.69) is 31.9 Å². The number of benzene rings is 4. The van der Waals surface area contributed by atoms with Crippen molar-refractivity contribution in [3.63, 3.8) is 0 Å². The number of rotatable bonds is 4. The zero-order valence-corrected chi connectivity index (χ0v) is 19.6. The van der Waals surface area contributed by atoms with Gasteiger partial charge in [0.2, 0.25) is 0 Å². The topological polar surface area (TPSA) is 118 Å². The van der Waals surface area contributed by atoms with Crippen molar-refractivity contribution in [1.82, 2.24) is 0 Å². The Balaban J connectivity index is 1.88. The average Bonchev–Trinajstić information content (AvgIpc) is 2.78. The summed E-state index contributed by atoms with van der Waals surface area (Å²) in [5.74, 6) is -5.18. The summed E-state index contributed by atoms with van der Waals surface area (Å²) in [5.41, 5.74) is -1.35. The van der Waals surface area contributed by atoms with Crippen LogP contribution in [0.1, 0.15) is 41.4 Å². The molecular formula is C24H12Br2O7. The lowest BCUT2D eigenvalue weighted by atomic mass is 9.98. The maximum absolute atomic E-state index is 13.1. The van der Waals surface area contributed by atoms with Gasteiger partial charge in [-0.2, -0.15) is 0 Å². The standard InChI is InChI=1S/C24H12Br2O7/c25-17-9-15(21(27)28)19(13-7-3-1-5-11(13)17)23(31)33-24(32)20-14-8-4-2-6-12(14)18(26)10-16(20)22(29)30/h1-10H,(H,27,28)(H,29,30). The SMILES string of the molecule is O=C(O)c1cc(Br)c2ccccc2c1C(=O)OC(=O)c1c(C(=O)O)cc(Br)c2ccccc12. The lowest BCUT2D eigenvalue weighted by Gasteiger charge is -2.13. The fourth-order valence-electron chi connectivity index (χ4n) is 3.63. The van der Waals surface area contributed by atoms with Crippen molar-refractivity contribution in [3.8, 4) is 0 Å². The number of halogens is 2. The second-order valence-electron chi connectivity index (χ2n) is 6.94. The number of carbonyl (C=O) groups is 4. The van der Waals surface area contributed by atoms with Gasteiger partial charge in [0.05, 0.1) is 22.3 Å². The summed E-state index contributed by atoms with van der Waals surface area (Å²) in [5, 5.41) is 20.9. The number of carbonyl (C=O) groups excluding carboxylic acids is 2. The maximum atomic E-state index is 13.1. The lowest BCUT2D eigenvalue weighted by Crippen LogP contribution is -2.19. The number of ether oxygens (including phenoxy) is 1. The van der Waals surface area contributed by atoms with Crippen molar-refractivity contribution < 1.29 is 34.1 Å². The minimum absolute atomic E-state index is 0.265. The van der Waals surface area contributed by atoms with Gasteiger partial charge in [-0.1, -0.05) is 80.4 Å². The Kier molecular flexibility index (Phi) is 6.01. The number of esters is 2. The largest absolute Gasteiger partial charge is 0.478 e. The third kappa shape index (κ3) is 4.01. The van der Waals surface area contributed by atoms with E-state index in [0.29, 0.717) is 19.7 Å². The molecule has 0 amide bonds. The lowest BCUT2D eigenvalue weighted by molar-refractivity contribution is 0.0389. The third-order valence-electron chi connectivity index (χ3n) is 5.04. The minimum Gasteiger partial charge on any atom is -0.478 e. The number of aromatic carboxylic acids is 2. The van der Waals surface area contributed by atoms with E-state index in [1.54, 1.807) is 36.4 Å². The highest BCUT2D eigenvalue weighted by atomic mass is 79.9. The normalized spacial score (nSPS) is 10.8. The Bertz CT molecular complexity index is 1400. The predicted molar refractivity (Wildman–Crippen MR) is 127 cm³/mol. The van der Waals surface area contributed by atoms with Crippen molar-refractivity contribution in [2.24, 2.45) is 0 Å². The summed E-state index contributed by atoms with van der Waals surface area (Å²) in [6.07, 6.45) is 0. The number of carboxylic acid groups (broad SMARTS) is 2. The Morgan fingerprint density at radius 3 is 1.27 bits per heavy atom. The highest BCUT2D eigenvalue weighted by molar-refractivity contribution is 9.11. The fraction of sp³-hybridized carbons (Fsp3) is 0. The molecule has 0 aliphatic heterocycles. The first-order valence-corrected chi connectivity index (χ1v) is 10.9. The zero-order valence-electron chi connectivity index (χ0n) is 16.5. The summed E-state index contributed by atoms with van der Waals surface area (Å²) in [6, 6.07) is 15.6. The van der Waals surface area contributed by atoms with Crippen LogP contribution < -0.4 is 0 Å². The summed E-state index contributed by atoms with van der Waals surface area (Å²) in [4.78, 5) is 49.8. The monoisotopic (exact) mass is 570 g/mol.